The number of carboxylic acids is 1. The van der Waals surface area contributed by atoms with Gasteiger partial charge in [-0.1, -0.05) is 18.9 Å². The maximum atomic E-state index is 12.7. The van der Waals surface area contributed by atoms with Crippen LogP contribution < -0.4 is 4.74 Å². The summed E-state index contributed by atoms with van der Waals surface area (Å²) in [4.78, 5) is 25.2. The van der Waals surface area contributed by atoms with E-state index in [9.17, 15) is 9.59 Å². The van der Waals surface area contributed by atoms with Gasteiger partial charge in [-0.25, -0.2) is 0 Å². The molecule has 1 saturated carbocycles. The average molecular weight is 291 g/mol. The van der Waals surface area contributed by atoms with Gasteiger partial charge in [-0.3, -0.25) is 9.59 Å². The first-order chi connectivity index (χ1) is 10.1. The van der Waals surface area contributed by atoms with Crippen LogP contribution in [-0.4, -0.2) is 41.6 Å². The molecule has 0 saturated heterocycles. The number of aliphatic carboxylic acids is 1. The molecule has 5 nitrogen and oxygen atoms in total. The van der Waals surface area contributed by atoms with Crippen molar-refractivity contribution in [1.29, 1.82) is 0 Å². The summed E-state index contributed by atoms with van der Waals surface area (Å²) in [5.41, 5.74) is 0.548. The van der Waals surface area contributed by atoms with Crippen molar-refractivity contribution in [2.24, 2.45) is 0 Å². The van der Waals surface area contributed by atoms with Crippen LogP contribution in [0.4, 0.5) is 0 Å². The molecule has 0 heterocycles. The van der Waals surface area contributed by atoms with Gasteiger partial charge < -0.3 is 14.7 Å². The van der Waals surface area contributed by atoms with E-state index in [-0.39, 0.29) is 24.9 Å². The number of hydrogen-bond acceptors (Lipinski definition) is 3. The lowest BCUT2D eigenvalue weighted by Crippen LogP contribution is -2.40. The number of carbonyl (C=O) groups excluding carboxylic acids is 1. The highest BCUT2D eigenvalue weighted by atomic mass is 16.5. The third-order valence-electron chi connectivity index (χ3n) is 3.91. The average Bonchev–Trinajstić information content (AvgIpc) is 3.01. The van der Waals surface area contributed by atoms with E-state index in [0.29, 0.717) is 11.3 Å². The van der Waals surface area contributed by atoms with E-state index in [1.807, 2.05) is 0 Å². The van der Waals surface area contributed by atoms with Crippen LogP contribution in [0.15, 0.2) is 24.3 Å². The molecule has 0 spiro atoms. The zero-order valence-corrected chi connectivity index (χ0v) is 12.2. The molecule has 21 heavy (non-hydrogen) atoms. The van der Waals surface area contributed by atoms with Gasteiger partial charge in [0.25, 0.3) is 5.91 Å². The minimum Gasteiger partial charge on any atom is -0.497 e. The Kier molecular flexibility index (Phi) is 5.20. The number of nitrogens with zero attached hydrogens (tertiary/aromatic N) is 1. The van der Waals surface area contributed by atoms with Crippen LogP contribution in [0, 0.1) is 0 Å². The zero-order valence-electron chi connectivity index (χ0n) is 12.2. The first-order valence-electron chi connectivity index (χ1n) is 7.28. The van der Waals surface area contributed by atoms with Gasteiger partial charge in [0.2, 0.25) is 0 Å². The molecule has 1 aromatic rings. The highest BCUT2D eigenvalue weighted by molar-refractivity contribution is 5.95. The molecule has 1 N–H and O–H groups in total. The zero-order chi connectivity index (χ0) is 15.2. The number of hydrogen-bond donors (Lipinski definition) is 1. The quantitative estimate of drug-likeness (QED) is 0.874. The highest BCUT2D eigenvalue weighted by Gasteiger charge is 2.27. The Morgan fingerprint density at radius 1 is 1.33 bits per heavy atom. The lowest BCUT2D eigenvalue weighted by atomic mass is 10.1. The summed E-state index contributed by atoms with van der Waals surface area (Å²) in [6.45, 7) is 0.260. The Bertz CT molecular complexity index is 509. The van der Waals surface area contributed by atoms with Crippen molar-refractivity contribution in [3.63, 3.8) is 0 Å². The Morgan fingerprint density at radius 3 is 2.67 bits per heavy atom. The van der Waals surface area contributed by atoms with E-state index in [2.05, 4.69) is 0 Å². The van der Waals surface area contributed by atoms with E-state index in [1.54, 1.807) is 36.3 Å². The molecule has 5 heteroatoms. The van der Waals surface area contributed by atoms with Gasteiger partial charge in [0.05, 0.1) is 13.5 Å². The summed E-state index contributed by atoms with van der Waals surface area (Å²) in [5, 5.41) is 8.88. The lowest BCUT2D eigenvalue weighted by Gasteiger charge is -2.28. The molecule has 0 aliphatic heterocycles. The number of methoxy groups -OCH3 is 1. The Hall–Kier alpha value is -2.04. The summed E-state index contributed by atoms with van der Waals surface area (Å²) in [6, 6.07) is 7.16. The predicted molar refractivity (Wildman–Crippen MR) is 78.5 cm³/mol. The van der Waals surface area contributed by atoms with Crippen LogP contribution >= 0.6 is 0 Å². The van der Waals surface area contributed by atoms with E-state index in [1.165, 1.54) is 0 Å². The lowest BCUT2D eigenvalue weighted by molar-refractivity contribution is -0.137. The van der Waals surface area contributed by atoms with Gasteiger partial charge in [0, 0.05) is 18.2 Å². The normalized spacial score (nSPS) is 14.9. The molecule has 1 amide bonds. The van der Waals surface area contributed by atoms with E-state index < -0.39 is 5.97 Å². The van der Waals surface area contributed by atoms with Crippen LogP contribution in [-0.2, 0) is 4.79 Å². The van der Waals surface area contributed by atoms with Crippen molar-refractivity contribution in [3.05, 3.63) is 29.8 Å². The van der Waals surface area contributed by atoms with E-state index in [4.69, 9.17) is 9.84 Å². The van der Waals surface area contributed by atoms with Crippen LogP contribution in [0.2, 0.25) is 0 Å². The van der Waals surface area contributed by atoms with Crippen molar-refractivity contribution >= 4 is 11.9 Å². The molecule has 0 unspecified atom stereocenters. The van der Waals surface area contributed by atoms with Crippen LogP contribution in [0.25, 0.3) is 0 Å². The van der Waals surface area contributed by atoms with Crippen LogP contribution in [0.5, 0.6) is 5.75 Å². The van der Waals surface area contributed by atoms with Gasteiger partial charge >= 0.3 is 5.97 Å². The molecule has 0 radical (unpaired) electrons. The molecule has 1 aliphatic rings. The van der Waals surface area contributed by atoms with Gasteiger partial charge in [0.1, 0.15) is 5.75 Å². The van der Waals surface area contributed by atoms with Crippen molar-refractivity contribution in [2.45, 2.75) is 38.1 Å². The Morgan fingerprint density at radius 2 is 2.05 bits per heavy atom. The number of rotatable bonds is 6. The van der Waals surface area contributed by atoms with Crippen LogP contribution in [0.1, 0.15) is 42.5 Å². The largest absolute Gasteiger partial charge is 0.497 e. The predicted octanol–water partition coefficient (Wildman–Crippen LogP) is 2.55. The van der Waals surface area contributed by atoms with E-state index in [0.717, 1.165) is 25.7 Å². The first kappa shape index (κ1) is 15.4. The molecular formula is C16H21NO4. The second kappa shape index (κ2) is 7.11. The molecular weight excluding hydrogens is 270 g/mol. The van der Waals surface area contributed by atoms with Gasteiger partial charge in [-0.05, 0) is 31.0 Å². The third kappa shape index (κ3) is 3.97. The SMILES string of the molecule is COc1cccc(C(=O)N(CCC(=O)O)C2CCCC2)c1. The first-order valence-corrected chi connectivity index (χ1v) is 7.28. The van der Waals surface area contributed by atoms with Gasteiger partial charge in [0.15, 0.2) is 0 Å². The number of ether oxygens (including phenoxy) is 1. The molecule has 1 fully saturated rings. The number of benzene rings is 1. The fraction of sp³-hybridized carbons (Fsp3) is 0.500. The molecule has 2 rings (SSSR count). The third-order valence-corrected chi connectivity index (χ3v) is 3.91. The number of amides is 1. The Balaban J connectivity index is 2.17. The van der Waals surface area contributed by atoms with Gasteiger partial charge in [-0.2, -0.15) is 0 Å². The molecule has 0 atom stereocenters. The summed E-state index contributed by atoms with van der Waals surface area (Å²) < 4.78 is 5.14. The molecule has 1 aromatic carbocycles. The molecule has 1 aliphatic carbocycles. The smallest absolute Gasteiger partial charge is 0.305 e. The summed E-state index contributed by atoms with van der Waals surface area (Å²) in [7, 11) is 1.56. The second-order valence-electron chi connectivity index (χ2n) is 5.31. The fourth-order valence-electron chi connectivity index (χ4n) is 2.80. The number of carbonyl (C=O) groups is 2. The maximum absolute atomic E-state index is 12.7. The van der Waals surface area contributed by atoms with Crippen LogP contribution in [0.3, 0.4) is 0 Å². The topological polar surface area (TPSA) is 66.8 Å². The minimum absolute atomic E-state index is 0.0216. The number of carboxylic acid groups (broad SMARTS) is 1. The van der Waals surface area contributed by atoms with Crippen molar-refractivity contribution in [2.75, 3.05) is 13.7 Å². The summed E-state index contributed by atoms with van der Waals surface area (Å²) in [5.74, 6) is -0.357. The fourth-order valence-corrected chi connectivity index (χ4v) is 2.80. The van der Waals surface area contributed by atoms with Crippen molar-refractivity contribution in [3.8, 4) is 5.75 Å². The monoisotopic (exact) mass is 291 g/mol. The Labute approximate surface area is 124 Å². The molecule has 114 valence electrons. The van der Waals surface area contributed by atoms with E-state index >= 15 is 0 Å². The highest BCUT2D eigenvalue weighted by Crippen LogP contribution is 2.26. The summed E-state index contributed by atoms with van der Waals surface area (Å²) >= 11 is 0. The molecule has 0 bridgehead atoms. The van der Waals surface area contributed by atoms with Gasteiger partial charge in [-0.15, -0.1) is 0 Å². The van der Waals surface area contributed by atoms with Crippen molar-refractivity contribution in [1.82, 2.24) is 4.90 Å². The minimum atomic E-state index is -0.878. The summed E-state index contributed by atoms with van der Waals surface area (Å²) in [6.07, 6.45) is 4.08. The molecule has 0 aromatic heterocycles. The second-order valence-corrected chi connectivity index (χ2v) is 5.31. The maximum Gasteiger partial charge on any atom is 0.305 e. The van der Waals surface area contributed by atoms with Crippen molar-refractivity contribution < 1.29 is 19.4 Å². The standard InChI is InChI=1S/C16H21NO4/c1-21-14-8-4-5-12(11-14)16(20)17(10-9-15(18)19)13-6-2-3-7-13/h4-5,8,11,13H,2-3,6-7,9-10H2,1H3,(H,18,19).